The third kappa shape index (κ3) is 4.98. The second-order valence-electron chi connectivity index (χ2n) is 4.16. The molecule has 1 amide bonds. The monoisotopic (exact) mass is 372 g/mol. The Hall–Kier alpha value is -1.44. The number of hydrogen-bond donors (Lipinski definition) is 1. The number of halogens is 1. The Balaban J connectivity index is 0.00000180. The van der Waals surface area contributed by atoms with Crippen LogP contribution in [0.5, 0.6) is 0 Å². The van der Waals surface area contributed by atoms with E-state index >= 15 is 0 Å². The summed E-state index contributed by atoms with van der Waals surface area (Å²) in [6.07, 6.45) is 10.1. The smallest absolute Gasteiger partial charge is 0.251 e. The van der Waals surface area contributed by atoms with Crippen LogP contribution >= 0.6 is 0 Å². The van der Waals surface area contributed by atoms with E-state index in [1.165, 1.54) is 0 Å². The highest BCUT2D eigenvalue weighted by molar-refractivity contribution is 5.93. The summed E-state index contributed by atoms with van der Waals surface area (Å²) < 4.78 is 3.89. The minimum atomic E-state index is -0.0266. The number of amides is 1. The number of aryl methyl sites for hydroxylation is 2. The molecule has 2 heterocycles. The van der Waals surface area contributed by atoms with E-state index in [0.717, 1.165) is 13.0 Å². The van der Waals surface area contributed by atoms with Gasteiger partial charge in [-0.2, -0.15) is 0 Å². The molecule has 0 radical (unpaired) electrons. The lowest BCUT2D eigenvalue weighted by molar-refractivity contribution is -0.671. The van der Waals surface area contributed by atoms with E-state index in [1.54, 1.807) is 12.5 Å². The highest BCUT2D eigenvalue weighted by Crippen LogP contribution is 1.95. The van der Waals surface area contributed by atoms with Gasteiger partial charge in [-0.3, -0.25) is 4.79 Å². The summed E-state index contributed by atoms with van der Waals surface area (Å²) in [7, 11) is 1.92. The van der Waals surface area contributed by atoms with Crippen LogP contribution in [0.25, 0.3) is 0 Å². The zero-order chi connectivity index (χ0) is 12.8. The first-order valence-electron chi connectivity index (χ1n) is 5.95. The van der Waals surface area contributed by atoms with Crippen molar-refractivity contribution in [3.63, 3.8) is 0 Å². The Bertz CT molecular complexity index is 496. The number of nitrogens with zero attached hydrogens (tertiary/aromatic N) is 3. The molecule has 2 aromatic rings. The molecule has 2 rings (SSSR count). The standard InChI is InChI=1S/C13H16N4O.HI/c1-16-8-3-12(4-9-16)13(18)15-5-2-7-17-10-6-14-11-17;/h3-4,6,8-11H,2,5,7H2,1H3;1H. The molecule has 1 N–H and O–H groups in total. The highest BCUT2D eigenvalue weighted by Gasteiger charge is 2.05. The maximum Gasteiger partial charge on any atom is 0.251 e. The molecule has 0 bridgehead atoms. The zero-order valence-electron chi connectivity index (χ0n) is 10.8. The number of nitrogens with one attached hydrogen (secondary N) is 1. The van der Waals surface area contributed by atoms with Crippen molar-refractivity contribution >= 4 is 5.91 Å². The molecule has 0 spiro atoms. The van der Waals surface area contributed by atoms with E-state index in [1.807, 2.05) is 46.9 Å². The van der Waals surface area contributed by atoms with Crippen molar-refractivity contribution < 1.29 is 33.3 Å². The van der Waals surface area contributed by atoms with Gasteiger partial charge in [-0.15, -0.1) is 0 Å². The molecule has 102 valence electrons. The molecule has 19 heavy (non-hydrogen) atoms. The van der Waals surface area contributed by atoms with E-state index in [0.29, 0.717) is 12.1 Å². The minimum Gasteiger partial charge on any atom is -1.00 e. The fourth-order valence-electron chi connectivity index (χ4n) is 1.64. The van der Waals surface area contributed by atoms with Gasteiger partial charge in [0, 0.05) is 37.6 Å². The van der Waals surface area contributed by atoms with Gasteiger partial charge in [0.15, 0.2) is 12.4 Å². The van der Waals surface area contributed by atoms with Crippen molar-refractivity contribution in [2.75, 3.05) is 6.54 Å². The maximum atomic E-state index is 11.8. The first kappa shape index (κ1) is 15.6. The van der Waals surface area contributed by atoms with Crippen LogP contribution in [-0.2, 0) is 13.6 Å². The molecule has 6 heteroatoms. The van der Waals surface area contributed by atoms with E-state index in [9.17, 15) is 4.79 Å². The van der Waals surface area contributed by atoms with Crippen molar-refractivity contribution in [1.82, 2.24) is 14.9 Å². The Morgan fingerprint density at radius 3 is 2.79 bits per heavy atom. The molecule has 0 atom stereocenters. The van der Waals surface area contributed by atoms with Gasteiger partial charge < -0.3 is 33.9 Å². The van der Waals surface area contributed by atoms with Crippen LogP contribution in [0.4, 0.5) is 0 Å². The maximum absolute atomic E-state index is 11.8. The van der Waals surface area contributed by atoms with E-state index in [2.05, 4.69) is 10.3 Å². The quantitative estimate of drug-likeness (QED) is 0.360. The molecular weight excluding hydrogens is 355 g/mol. The molecule has 0 aromatic carbocycles. The van der Waals surface area contributed by atoms with Crippen LogP contribution < -0.4 is 33.9 Å². The summed E-state index contributed by atoms with van der Waals surface area (Å²) in [6.45, 7) is 1.53. The largest absolute Gasteiger partial charge is 1.00 e. The first-order chi connectivity index (χ1) is 8.75. The van der Waals surface area contributed by atoms with Gasteiger partial charge in [0.05, 0.1) is 11.9 Å². The SMILES string of the molecule is C[n+]1ccc(C(=O)NCCCn2ccnc2)cc1.[I-]. The molecule has 0 aliphatic carbocycles. The van der Waals surface area contributed by atoms with Gasteiger partial charge in [-0.1, -0.05) is 0 Å². The third-order valence-electron chi connectivity index (χ3n) is 2.68. The van der Waals surface area contributed by atoms with Crippen molar-refractivity contribution in [3.8, 4) is 0 Å². The van der Waals surface area contributed by atoms with Gasteiger partial charge in [0.2, 0.25) is 0 Å². The molecule has 0 aliphatic rings. The second kappa shape index (κ2) is 7.88. The van der Waals surface area contributed by atoms with Crippen molar-refractivity contribution in [3.05, 3.63) is 48.8 Å². The van der Waals surface area contributed by atoms with Crippen LogP contribution in [0.2, 0.25) is 0 Å². The van der Waals surface area contributed by atoms with Crippen molar-refractivity contribution in [1.29, 1.82) is 0 Å². The lowest BCUT2D eigenvalue weighted by Crippen LogP contribution is -3.00. The normalized spacial score (nSPS) is 9.74. The first-order valence-corrected chi connectivity index (χ1v) is 5.95. The average Bonchev–Trinajstić information content (AvgIpc) is 2.88. The van der Waals surface area contributed by atoms with E-state index < -0.39 is 0 Å². The van der Waals surface area contributed by atoms with Gasteiger partial charge in [-0.25, -0.2) is 9.55 Å². The fourth-order valence-corrected chi connectivity index (χ4v) is 1.64. The predicted octanol–water partition coefficient (Wildman–Crippen LogP) is -2.47. The predicted molar refractivity (Wildman–Crippen MR) is 66.8 cm³/mol. The van der Waals surface area contributed by atoms with Gasteiger partial charge in [-0.05, 0) is 6.42 Å². The molecule has 0 unspecified atom stereocenters. The molecule has 0 saturated heterocycles. The number of carbonyl (C=O) groups is 1. The Kier molecular flexibility index (Phi) is 6.48. The summed E-state index contributed by atoms with van der Waals surface area (Å²) in [5, 5.41) is 2.90. The highest BCUT2D eigenvalue weighted by atomic mass is 127. The van der Waals surface area contributed by atoms with Crippen LogP contribution in [0.15, 0.2) is 43.2 Å². The molecule has 0 aliphatic heterocycles. The number of imidazole rings is 1. The topological polar surface area (TPSA) is 50.8 Å². The average molecular weight is 372 g/mol. The Morgan fingerprint density at radius 2 is 2.16 bits per heavy atom. The number of aromatic nitrogens is 3. The molecule has 5 nitrogen and oxygen atoms in total. The zero-order valence-corrected chi connectivity index (χ0v) is 12.9. The molecule has 2 aromatic heterocycles. The van der Waals surface area contributed by atoms with Gasteiger partial charge >= 0.3 is 0 Å². The van der Waals surface area contributed by atoms with E-state index in [4.69, 9.17) is 0 Å². The van der Waals surface area contributed by atoms with Gasteiger partial charge in [0.1, 0.15) is 7.05 Å². The molecular formula is C13H17IN4O. The lowest BCUT2D eigenvalue weighted by Gasteiger charge is -2.05. The number of carbonyl (C=O) groups excluding carboxylic acids is 1. The lowest BCUT2D eigenvalue weighted by atomic mass is 10.2. The summed E-state index contributed by atoms with van der Waals surface area (Å²) in [4.78, 5) is 15.7. The van der Waals surface area contributed by atoms with Gasteiger partial charge in [0.25, 0.3) is 5.91 Å². The summed E-state index contributed by atoms with van der Waals surface area (Å²) in [5.41, 5.74) is 0.690. The minimum absolute atomic E-state index is 0. The second-order valence-corrected chi connectivity index (χ2v) is 4.16. The number of hydrogen-bond acceptors (Lipinski definition) is 2. The molecule has 0 fully saturated rings. The number of rotatable bonds is 5. The van der Waals surface area contributed by atoms with E-state index in [-0.39, 0.29) is 29.9 Å². The summed E-state index contributed by atoms with van der Waals surface area (Å²) in [6, 6.07) is 3.62. The van der Waals surface area contributed by atoms with Crippen molar-refractivity contribution in [2.45, 2.75) is 13.0 Å². The van der Waals surface area contributed by atoms with Crippen LogP contribution in [0.1, 0.15) is 16.8 Å². The molecule has 0 saturated carbocycles. The Morgan fingerprint density at radius 1 is 1.42 bits per heavy atom. The van der Waals surface area contributed by atoms with Crippen LogP contribution in [0.3, 0.4) is 0 Å². The van der Waals surface area contributed by atoms with Crippen molar-refractivity contribution in [2.24, 2.45) is 7.05 Å². The fraction of sp³-hybridized carbons (Fsp3) is 0.308. The number of pyridine rings is 1. The summed E-state index contributed by atoms with van der Waals surface area (Å²) >= 11 is 0. The summed E-state index contributed by atoms with van der Waals surface area (Å²) in [5.74, 6) is -0.0266. The van der Waals surface area contributed by atoms with Crippen LogP contribution in [0, 0.1) is 0 Å². The Labute approximate surface area is 129 Å². The third-order valence-corrected chi connectivity index (χ3v) is 2.68. The van der Waals surface area contributed by atoms with Crippen LogP contribution in [-0.4, -0.2) is 22.0 Å².